The molecule has 1 aromatic heterocycles. The standard InChI is InChI=1S/C18H14N2O3S/c21-17(19-13-9-5-2-6-10-13)15-11-14(12-7-3-1-4-8-12)16(24-15)18(22)20-23/h1-11,23H,(H,19,21)(H,20,22). The molecule has 0 atom stereocenters. The summed E-state index contributed by atoms with van der Waals surface area (Å²) < 4.78 is 0. The summed E-state index contributed by atoms with van der Waals surface area (Å²) in [7, 11) is 0. The van der Waals surface area contributed by atoms with Crippen LogP contribution in [0.2, 0.25) is 0 Å². The van der Waals surface area contributed by atoms with E-state index in [1.807, 2.05) is 48.5 Å². The minimum Gasteiger partial charge on any atom is -0.321 e. The summed E-state index contributed by atoms with van der Waals surface area (Å²) in [5.41, 5.74) is 3.70. The highest BCUT2D eigenvalue weighted by atomic mass is 32.1. The number of para-hydroxylation sites is 1. The second kappa shape index (κ2) is 7.08. The summed E-state index contributed by atoms with van der Waals surface area (Å²) in [6, 6.07) is 20.0. The van der Waals surface area contributed by atoms with E-state index in [1.54, 1.807) is 23.7 Å². The number of amides is 2. The van der Waals surface area contributed by atoms with E-state index in [-0.39, 0.29) is 10.8 Å². The van der Waals surface area contributed by atoms with Gasteiger partial charge in [-0.3, -0.25) is 14.8 Å². The monoisotopic (exact) mass is 338 g/mol. The zero-order chi connectivity index (χ0) is 16.9. The molecule has 6 heteroatoms. The smallest absolute Gasteiger partial charge is 0.285 e. The molecule has 120 valence electrons. The maximum atomic E-state index is 12.4. The third kappa shape index (κ3) is 3.34. The highest BCUT2D eigenvalue weighted by Crippen LogP contribution is 2.32. The first-order valence-electron chi connectivity index (χ1n) is 7.19. The highest BCUT2D eigenvalue weighted by molar-refractivity contribution is 7.16. The molecular formula is C18H14N2O3S. The third-order valence-corrected chi connectivity index (χ3v) is 4.51. The van der Waals surface area contributed by atoms with Crippen LogP contribution < -0.4 is 10.8 Å². The summed E-state index contributed by atoms with van der Waals surface area (Å²) in [4.78, 5) is 25.0. The molecule has 0 aliphatic carbocycles. The van der Waals surface area contributed by atoms with Crippen molar-refractivity contribution in [3.8, 4) is 11.1 Å². The van der Waals surface area contributed by atoms with Crippen molar-refractivity contribution in [1.29, 1.82) is 0 Å². The molecule has 24 heavy (non-hydrogen) atoms. The number of hydrogen-bond acceptors (Lipinski definition) is 4. The van der Waals surface area contributed by atoms with E-state index < -0.39 is 5.91 Å². The van der Waals surface area contributed by atoms with Crippen LogP contribution in [-0.4, -0.2) is 17.0 Å². The zero-order valence-corrected chi connectivity index (χ0v) is 13.3. The van der Waals surface area contributed by atoms with Gasteiger partial charge < -0.3 is 5.32 Å². The molecule has 2 aromatic carbocycles. The Bertz CT molecular complexity index is 860. The molecular weight excluding hydrogens is 324 g/mol. The van der Waals surface area contributed by atoms with Gasteiger partial charge in [0.1, 0.15) is 4.88 Å². The fraction of sp³-hybridized carbons (Fsp3) is 0. The highest BCUT2D eigenvalue weighted by Gasteiger charge is 2.20. The van der Waals surface area contributed by atoms with Crippen molar-refractivity contribution in [2.45, 2.75) is 0 Å². The van der Waals surface area contributed by atoms with Crippen LogP contribution >= 0.6 is 11.3 Å². The zero-order valence-electron chi connectivity index (χ0n) is 12.5. The number of thiophene rings is 1. The van der Waals surface area contributed by atoms with E-state index in [2.05, 4.69) is 5.32 Å². The number of rotatable bonds is 4. The number of hydroxylamine groups is 1. The minimum atomic E-state index is -0.641. The van der Waals surface area contributed by atoms with Crippen LogP contribution in [0.1, 0.15) is 19.3 Å². The first kappa shape index (κ1) is 15.9. The number of hydrogen-bond donors (Lipinski definition) is 3. The van der Waals surface area contributed by atoms with Crippen LogP contribution in [0, 0.1) is 0 Å². The second-order valence-corrected chi connectivity index (χ2v) is 6.03. The van der Waals surface area contributed by atoms with E-state index >= 15 is 0 Å². The van der Waals surface area contributed by atoms with Crippen LogP contribution in [0.3, 0.4) is 0 Å². The Morgan fingerprint density at radius 3 is 2.12 bits per heavy atom. The number of benzene rings is 2. The van der Waals surface area contributed by atoms with Crippen molar-refractivity contribution in [3.05, 3.63) is 76.5 Å². The molecule has 0 bridgehead atoms. The summed E-state index contributed by atoms with van der Waals surface area (Å²) >= 11 is 1.03. The Hall–Kier alpha value is -2.96. The number of carbonyl (C=O) groups is 2. The Morgan fingerprint density at radius 1 is 0.875 bits per heavy atom. The maximum Gasteiger partial charge on any atom is 0.285 e. The molecule has 0 fully saturated rings. The summed E-state index contributed by atoms with van der Waals surface area (Å²) in [6.45, 7) is 0. The summed E-state index contributed by atoms with van der Waals surface area (Å²) in [5, 5.41) is 11.7. The summed E-state index contributed by atoms with van der Waals surface area (Å²) in [5.74, 6) is -0.946. The molecule has 5 nitrogen and oxygen atoms in total. The molecule has 3 rings (SSSR count). The van der Waals surface area contributed by atoms with Crippen molar-refractivity contribution >= 4 is 28.8 Å². The van der Waals surface area contributed by atoms with Crippen LogP contribution in [0.5, 0.6) is 0 Å². The van der Waals surface area contributed by atoms with Crippen LogP contribution in [0.25, 0.3) is 11.1 Å². The quantitative estimate of drug-likeness (QED) is 0.500. The predicted octanol–water partition coefficient (Wildman–Crippen LogP) is 3.79. The van der Waals surface area contributed by atoms with Gasteiger partial charge in [0, 0.05) is 11.3 Å². The lowest BCUT2D eigenvalue weighted by Gasteiger charge is -2.02. The molecule has 0 unspecified atom stereocenters. The molecule has 0 spiro atoms. The topological polar surface area (TPSA) is 78.4 Å². The fourth-order valence-corrected chi connectivity index (χ4v) is 3.23. The Labute approximate surface area is 142 Å². The predicted molar refractivity (Wildman–Crippen MR) is 93.4 cm³/mol. The van der Waals surface area contributed by atoms with Crippen molar-refractivity contribution in [2.24, 2.45) is 0 Å². The molecule has 3 N–H and O–H groups in total. The lowest BCUT2D eigenvalue weighted by Crippen LogP contribution is -2.17. The van der Waals surface area contributed by atoms with E-state index in [9.17, 15) is 9.59 Å². The minimum absolute atomic E-state index is 0.280. The van der Waals surface area contributed by atoms with Gasteiger partial charge in [0.15, 0.2) is 0 Å². The van der Waals surface area contributed by atoms with E-state index in [1.165, 1.54) is 0 Å². The average molecular weight is 338 g/mol. The molecule has 0 aliphatic rings. The van der Waals surface area contributed by atoms with Crippen molar-refractivity contribution in [1.82, 2.24) is 5.48 Å². The molecule has 0 saturated heterocycles. The molecule has 1 heterocycles. The fourth-order valence-electron chi connectivity index (χ4n) is 2.27. The Balaban J connectivity index is 1.96. The van der Waals surface area contributed by atoms with Gasteiger partial charge >= 0.3 is 0 Å². The van der Waals surface area contributed by atoms with Gasteiger partial charge in [0.2, 0.25) is 0 Å². The van der Waals surface area contributed by atoms with E-state index in [0.29, 0.717) is 16.1 Å². The number of anilines is 1. The van der Waals surface area contributed by atoms with Crippen LogP contribution in [0.15, 0.2) is 66.7 Å². The number of carbonyl (C=O) groups excluding carboxylic acids is 2. The second-order valence-electron chi connectivity index (χ2n) is 4.98. The normalized spacial score (nSPS) is 10.2. The lowest BCUT2D eigenvalue weighted by atomic mass is 10.1. The maximum absolute atomic E-state index is 12.4. The Morgan fingerprint density at radius 2 is 1.50 bits per heavy atom. The SMILES string of the molecule is O=C(Nc1ccccc1)c1cc(-c2ccccc2)c(C(=O)NO)s1. The van der Waals surface area contributed by atoms with Crippen molar-refractivity contribution in [2.75, 3.05) is 5.32 Å². The molecule has 3 aromatic rings. The average Bonchev–Trinajstić information content (AvgIpc) is 3.08. The van der Waals surface area contributed by atoms with E-state index in [0.717, 1.165) is 16.9 Å². The van der Waals surface area contributed by atoms with Crippen LogP contribution in [-0.2, 0) is 0 Å². The van der Waals surface area contributed by atoms with Gasteiger partial charge in [-0.2, -0.15) is 0 Å². The number of nitrogens with one attached hydrogen (secondary N) is 2. The molecule has 2 amide bonds. The van der Waals surface area contributed by atoms with Crippen LogP contribution in [0.4, 0.5) is 5.69 Å². The molecule has 0 radical (unpaired) electrons. The van der Waals surface area contributed by atoms with Crippen molar-refractivity contribution in [3.63, 3.8) is 0 Å². The van der Waals surface area contributed by atoms with Gasteiger partial charge in [-0.15, -0.1) is 11.3 Å². The van der Waals surface area contributed by atoms with Gasteiger partial charge in [-0.1, -0.05) is 48.5 Å². The lowest BCUT2D eigenvalue weighted by molar-refractivity contribution is 0.0711. The van der Waals surface area contributed by atoms with E-state index in [4.69, 9.17) is 5.21 Å². The van der Waals surface area contributed by atoms with Gasteiger partial charge in [-0.05, 0) is 23.8 Å². The van der Waals surface area contributed by atoms with Gasteiger partial charge in [0.05, 0.1) is 4.88 Å². The molecule has 0 saturated carbocycles. The first-order valence-corrected chi connectivity index (χ1v) is 8.01. The summed E-state index contributed by atoms with van der Waals surface area (Å²) in [6.07, 6.45) is 0. The third-order valence-electron chi connectivity index (χ3n) is 3.38. The Kier molecular flexibility index (Phi) is 4.69. The van der Waals surface area contributed by atoms with Crippen molar-refractivity contribution < 1.29 is 14.8 Å². The van der Waals surface area contributed by atoms with Gasteiger partial charge in [-0.25, -0.2) is 5.48 Å². The first-order chi connectivity index (χ1) is 11.7. The molecule has 0 aliphatic heterocycles. The van der Waals surface area contributed by atoms with Gasteiger partial charge in [0.25, 0.3) is 11.8 Å². The largest absolute Gasteiger partial charge is 0.321 e.